The number of halogens is 1. The van der Waals surface area contributed by atoms with Crippen molar-refractivity contribution in [1.29, 1.82) is 0 Å². The van der Waals surface area contributed by atoms with Crippen molar-refractivity contribution in [3.8, 4) is 0 Å². The quantitative estimate of drug-likeness (QED) is 0.909. The minimum atomic E-state index is -0.374. The number of benzene rings is 1. The maximum absolute atomic E-state index is 12.9. The van der Waals surface area contributed by atoms with E-state index >= 15 is 0 Å². The highest BCUT2D eigenvalue weighted by Crippen LogP contribution is 2.48. The first-order valence-corrected chi connectivity index (χ1v) is 7.51. The summed E-state index contributed by atoms with van der Waals surface area (Å²) in [6, 6.07) is 6.68. The summed E-state index contributed by atoms with van der Waals surface area (Å²) < 4.78 is 12.9. The van der Waals surface area contributed by atoms with Gasteiger partial charge in [0.05, 0.1) is 5.41 Å². The number of amides is 1. The summed E-state index contributed by atoms with van der Waals surface area (Å²) in [5, 5.41) is 3.14. The number of rotatable bonds is 3. The van der Waals surface area contributed by atoms with Crippen LogP contribution < -0.4 is 5.32 Å². The van der Waals surface area contributed by atoms with Gasteiger partial charge in [-0.25, -0.2) is 4.39 Å². The topological polar surface area (TPSA) is 29.1 Å². The average Bonchev–Trinajstić information content (AvgIpc) is 3.03. The number of hydrogen-bond donors (Lipinski definition) is 1. The van der Waals surface area contributed by atoms with E-state index in [-0.39, 0.29) is 17.1 Å². The van der Waals surface area contributed by atoms with Crippen molar-refractivity contribution in [3.63, 3.8) is 0 Å². The number of hydrogen-bond acceptors (Lipinski definition) is 2. The van der Waals surface area contributed by atoms with E-state index in [1.54, 1.807) is 12.1 Å². The fourth-order valence-corrected chi connectivity index (χ4v) is 3.67. The Morgan fingerprint density at radius 1 is 1.33 bits per heavy atom. The van der Waals surface area contributed by atoms with Gasteiger partial charge in [-0.15, -0.1) is 0 Å². The normalized spacial score (nSPS) is 24.8. The molecular weight excluding hydrogens is 249 g/mol. The van der Waals surface area contributed by atoms with Crippen molar-refractivity contribution < 1.29 is 9.18 Å². The molecule has 0 bridgehead atoms. The van der Waals surface area contributed by atoms with Crippen LogP contribution >= 0.6 is 11.8 Å². The molecule has 1 saturated carbocycles. The van der Waals surface area contributed by atoms with E-state index in [4.69, 9.17) is 0 Å². The van der Waals surface area contributed by atoms with Crippen LogP contribution in [-0.4, -0.2) is 23.5 Å². The Bertz CT molecular complexity index is 449. The Balaban J connectivity index is 1.73. The summed E-state index contributed by atoms with van der Waals surface area (Å²) >= 11 is 1.89. The van der Waals surface area contributed by atoms with E-state index in [9.17, 15) is 9.18 Å². The summed E-state index contributed by atoms with van der Waals surface area (Å²) in [6.07, 6.45) is 2.82. The highest BCUT2D eigenvalue weighted by molar-refractivity contribution is 7.99. The zero-order chi connectivity index (χ0) is 12.6. The minimum absolute atomic E-state index is 0.126. The van der Waals surface area contributed by atoms with Crippen LogP contribution in [0.3, 0.4) is 0 Å². The van der Waals surface area contributed by atoms with E-state index in [1.807, 2.05) is 11.8 Å². The van der Waals surface area contributed by atoms with E-state index in [1.165, 1.54) is 12.1 Å². The maximum Gasteiger partial charge on any atom is 0.230 e. The highest BCUT2D eigenvalue weighted by atomic mass is 32.2. The SMILES string of the molecule is O=C(NC1CCSC1)C1(c2ccc(F)cc2)CC1. The van der Waals surface area contributed by atoms with Crippen LogP contribution in [0.1, 0.15) is 24.8 Å². The summed E-state index contributed by atoms with van der Waals surface area (Å²) in [7, 11) is 0. The first kappa shape index (κ1) is 12.0. The summed E-state index contributed by atoms with van der Waals surface area (Å²) in [5.74, 6) is 2.03. The number of nitrogens with one attached hydrogen (secondary N) is 1. The largest absolute Gasteiger partial charge is 0.352 e. The lowest BCUT2D eigenvalue weighted by Gasteiger charge is -2.19. The van der Waals surface area contributed by atoms with Gasteiger partial charge in [0.25, 0.3) is 0 Å². The number of thioether (sulfide) groups is 1. The third kappa shape index (κ3) is 2.14. The lowest BCUT2D eigenvalue weighted by Crippen LogP contribution is -2.41. The first-order chi connectivity index (χ1) is 8.71. The minimum Gasteiger partial charge on any atom is -0.352 e. The van der Waals surface area contributed by atoms with E-state index < -0.39 is 0 Å². The molecule has 1 saturated heterocycles. The van der Waals surface area contributed by atoms with Gasteiger partial charge in [-0.05, 0) is 42.7 Å². The molecule has 1 unspecified atom stereocenters. The third-order valence-corrected chi connectivity index (χ3v) is 5.01. The molecule has 1 atom stereocenters. The monoisotopic (exact) mass is 265 g/mol. The van der Waals surface area contributed by atoms with Crippen LogP contribution in [0.4, 0.5) is 4.39 Å². The summed E-state index contributed by atoms with van der Waals surface area (Å²) in [5.41, 5.74) is 0.577. The molecule has 0 aromatic heterocycles. The predicted molar refractivity (Wildman–Crippen MR) is 71.2 cm³/mol. The molecule has 1 aliphatic heterocycles. The molecule has 1 N–H and O–H groups in total. The second kappa shape index (κ2) is 4.57. The van der Waals surface area contributed by atoms with Crippen LogP contribution in [0.15, 0.2) is 24.3 Å². The second-order valence-corrected chi connectivity index (χ2v) is 6.27. The van der Waals surface area contributed by atoms with Gasteiger partial charge in [-0.2, -0.15) is 11.8 Å². The molecule has 3 rings (SSSR count). The molecule has 2 aliphatic rings. The average molecular weight is 265 g/mol. The predicted octanol–water partition coefficient (Wildman–Crippen LogP) is 2.48. The van der Waals surface area contributed by atoms with Crippen molar-refractivity contribution in [3.05, 3.63) is 35.6 Å². The Morgan fingerprint density at radius 3 is 2.61 bits per heavy atom. The van der Waals surface area contributed by atoms with Gasteiger partial charge in [-0.1, -0.05) is 12.1 Å². The molecular formula is C14H16FNOS. The summed E-state index contributed by atoms with van der Waals surface area (Å²) in [4.78, 5) is 12.4. The lowest BCUT2D eigenvalue weighted by atomic mass is 9.94. The zero-order valence-electron chi connectivity index (χ0n) is 10.1. The molecule has 4 heteroatoms. The highest BCUT2D eigenvalue weighted by Gasteiger charge is 2.51. The van der Waals surface area contributed by atoms with E-state index in [0.29, 0.717) is 6.04 Å². The van der Waals surface area contributed by atoms with Crippen molar-refractivity contribution in [2.75, 3.05) is 11.5 Å². The molecule has 2 fully saturated rings. The molecule has 1 amide bonds. The first-order valence-electron chi connectivity index (χ1n) is 6.35. The summed E-state index contributed by atoms with van der Waals surface area (Å²) in [6.45, 7) is 0. The maximum atomic E-state index is 12.9. The van der Waals surface area contributed by atoms with E-state index in [2.05, 4.69) is 5.32 Å². The molecule has 1 aromatic carbocycles. The molecule has 0 radical (unpaired) electrons. The fraction of sp³-hybridized carbons (Fsp3) is 0.500. The van der Waals surface area contributed by atoms with Crippen LogP contribution in [0.25, 0.3) is 0 Å². The van der Waals surface area contributed by atoms with Gasteiger partial charge in [0.2, 0.25) is 5.91 Å². The Labute approximate surface area is 110 Å². The van der Waals surface area contributed by atoms with Crippen LogP contribution in [0, 0.1) is 5.82 Å². The van der Waals surface area contributed by atoms with Crippen molar-refractivity contribution in [2.24, 2.45) is 0 Å². The lowest BCUT2D eigenvalue weighted by molar-refractivity contribution is -0.124. The van der Waals surface area contributed by atoms with Crippen molar-refractivity contribution >= 4 is 17.7 Å². The van der Waals surface area contributed by atoms with Gasteiger partial charge >= 0.3 is 0 Å². The molecule has 96 valence electrons. The Kier molecular flexibility index (Phi) is 3.06. The van der Waals surface area contributed by atoms with Crippen LogP contribution in [0.2, 0.25) is 0 Å². The van der Waals surface area contributed by atoms with Crippen molar-refractivity contribution in [2.45, 2.75) is 30.7 Å². The van der Waals surface area contributed by atoms with Gasteiger partial charge in [0.15, 0.2) is 0 Å². The van der Waals surface area contributed by atoms with Crippen LogP contribution in [0.5, 0.6) is 0 Å². The fourth-order valence-electron chi connectivity index (χ4n) is 2.51. The van der Waals surface area contributed by atoms with Gasteiger partial charge in [0.1, 0.15) is 5.82 Å². The molecule has 0 spiro atoms. The second-order valence-electron chi connectivity index (χ2n) is 5.12. The third-order valence-electron chi connectivity index (χ3n) is 3.85. The van der Waals surface area contributed by atoms with Crippen LogP contribution in [-0.2, 0) is 10.2 Å². The Hall–Kier alpha value is -1.03. The van der Waals surface area contributed by atoms with Gasteiger partial charge < -0.3 is 5.32 Å². The van der Waals surface area contributed by atoms with Crippen molar-refractivity contribution in [1.82, 2.24) is 5.32 Å². The number of carbonyl (C=O) groups is 1. The standard InChI is InChI=1S/C14H16FNOS/c15-11-3-1-10(2-4-11)14(6-7-14)13(17)16-12-5-8-18-9-12/h1-4,12H,5-9H2,(H,16,17). The zero-order valence-corrected chi connectivity index (χ0v) is 10.9. The smallest absolute Gasteiger partial charge is 0.230 e. The molecule has 1 aliphatic carbocycles. The molecule has 1 aromatic rings. The Morgan fingerprint density at radius 2 is 2.06 bits per heavy atom. The molecule has 1 heterocycles. The van der Waals surface area contributed by atoms with Gasteiger partial charge in [-0.3, -0.25) is 4.79 Å². The number of carbonyl (C=O) groups excluding carboxylic acids is 1. The van der Waals surface area contributed by atoms with Gasteiger partial charge in [0, 0.05) is 11.8 Å². The molecule has 2 nitrogen and oxygen atoms in total. The van der Waals surface area contributed by atoms with E-state index in [0.717, 1.165) is 36.3 Å². The molecule has 18 heavy (non-hydrogen) atoms.